The van der Waals surface area contributed by atoms with Crippen molar-refractivity contribution in [3.05, 3.63) is 24.3 Å². The Morgan fingerprint density at radius 1 is 1.27 bits per heavy atom. The number of piperidine rings is 1. The number of hydrogen-bond acceptors (Lipinski definition) is 4. The van der Waals surface area contributed by atoms with Crippen molar-refractivity contribution in [1.82, 2.24) is 10.6 Å². The van der Waals surface area contributed by atoms with E-state index in [-0.39, 0.29) is 42.7 Å². The fourth-order valence-corrected chi connectivity index (χ4v) is 4.49. The first-order chi connectivity index (χ1) is 11.7. The number of nitrogens with one attached hydrogen (secondary N) is 2. The van der Waals surface area contributed by atoms with E-state index in [0.29, 0.717) is 5.41 Å². The zero-order chi connectivity index (χ0) is 16.6. The third-order valence-electron chi connectivity index (χ3n) is 6.07. The van der Waals surface area contributed by atoms with Crippen molar-refractivity contribution < 1.29 is 9.53 Å². The molecule has 2 heterocycles. The third-order valence-corrected chi connectivity index (χ3v) is 6.07. The molecule has 3 aliphatic rings. The van der Waals surface area contributed by atoms with E-state index < -0.39 is 0 Å². The molecule has 7 heteroatoms. The molecule has 1 aliphatic carbocycles. The molecule has 2 saturated heterocycles. The van der Waals surface area contributed by atoms with Crippen molar-refractivity contribution in [3.8, 4) is 5.75 Å². The molecule has 2 atom stereocenters. The maximum atomic E-state index is 12.6. The summed E-state index contributed by atoms with van der Waals surface area (Å²) in [5.41, 5.74) is 1.44. The Labute approximate surface area is 168 Å². The van der Waals surface area contributed by atoms with E-state index in [9.17, 15) is 4.79 Å². The number of benzene rings is 1. The fourth-order valence-electron chi connectivity index (χ4n) is 4.49. The van der Waals surface area contributed by atoms with Gasteiger partial charge in [0, 0.05) is 25.0 Å². The monoisotopic (exact) mass is 401 g/mol. The fraction of sp³-hybridized carbons (Fsp3) is 0.632. The Morgan fingerprint density at radius 2 is 2.00 bits per heavy atom. The number of nitrogens with zero attached hydrogens (tertiary/aromatic N) is 1. The van der Waals surface area contributed by atoms with E-state index in [1.165, 1.54) is 0 Å². The summed E-state index contributed by atoms with van der Waals surface area (Å²) in [7, 11) is 1.71. The minimum atomic E-state index is 0. The minimum absolute atomic E-state index is 0. The smallest absolute Gasteiger partial charge is 0.223 e. The van der Waals surface area contributed by atoms with Crippen molar-refractivity contribution in [1.29, 1.82) is 0 Å². The van der Waals surface area contributed by atoms with Crippen LogP contribution in [0.25, 0.3) is 0 Å². The van der Waals surface area contributed by atoms with E-state index in [0.717, 1.165) is 63.3 Å². The van der Waals surface area contributed by atoms with Gasteiger partial charge in [0.25, 0.3) is 0 Å². The largest absolute Gasteiger partial charge is 0.495 e. The van der Waals surface area contributed by atoms with E-state index in [1.807, 2.05) is 18.2 Å². The molecule has 146 valence electrons. The predicted octanol–water partition coefficient (Wildman–Crippen LogP) is 2.62. The van der Waals surface area contributed by atoms with Crippen LogP contribution in [-0.2, 0) is 4.79 Å². The number of carbonyl (C=O) groups excluding carboxylic acids is 1. The van der Waals surface area contributed by atoms with Crippen molar-refractivity contribution >= 4 is 36.4 Å². The van der Waals surface area contributed by atoms with Crippen molar-refractivity contribution in [3.63, 3.8) is 0 Å². The van der Waals surface area contributed by atoms with Gasteiger partial charge in [-0.3, -0.25) is 4.79 Å². The second-order valence-corrected chi connectivity index (χ2v) is 7.48. The highest BCUT2D eigenvalue weighted by molar-refractivity contribution is 5.85. The normalized spacial score (nSPS) is 25.8. The summed E-state index contributed by atoms with van der Waals surface area (Å²) in [5.74, 6) is 1.43. The van der Waals surface area contributed by atoms with Gasteiger partial charge in [0.15, 0.2) is 0 Å². The topological polar surface area (TPSA) is 53.6 Å². The van der Waals surface area contributed by atoms with Crippen LogP contribution in [0.5, 0.6) is 5.75 Å². The molecule has 0 bridgehead atoms. The molecule has 26 heavy (non-hydrogen) atoms. The predicted molar refractivity (Wildman–Crippen MR) is 109 cm³/mol. The van der Waals surface area contributed by atoms with E-state index >= 15 is 0 Å². The van der Waals surface area contributed by atoms with Crippen LogP contribution in [0, 0.1) is 11.3 Å². The standard InChI is InChI=1S/C19H27N3O2.2ClH/c1-24-17-5-3-2-4-16(17)22-11-6-14(13-22)21-18(23)15-12-19(15)7-9-20-10-8-19;;/h2-5,14-15,20H,6-13H2,1H3,(H,21,23);2*1H. The van der Waals surface area contributed by atoms with E-state index in [4.69, 9.17) is 4.74 Å². The molecule has 0 radical (unpaired) electrons. The van der Waals surface area contributed by atoms with Crippen LogP contribution in [0.2, 0.25) is 0 Å². The zero-order valence-corrected chi connectivity index (χ0v) is 16.8. The first kappa shape index (κ1) is 21.1. The van der Waals surface area contributed by atoms with Gasteiger partial charge in [-0.1, -0.05) is 12.1 Å². The highest BCUT2D eigenvalue weighted by Gasteiger charge is 2.57. The lowest BCUT2D eigenvalue weighted by Crippen LogP contribution is -2.40. The van der Waals surface area contributed by atoms with Gasteiger partial charge in [0.2, 0.25) is 5.91 Å². The van der Waals surface area contributed by atoms with Gasteiger partial charge in [0.1, 0.15) is 5.75 Å². The first-order valence-corrected chi connectivity index (χ1v) is 9.11. The third kappa shape index (κ3) is 4.05. The van der Waals surface area contributed by atoms with Gasteiger partial charge in [-0.25, -0.2) is 0 Å². The van der Waals surface area contributed by atoms with Gasteiger partial charge in [-0.05, 0) is 56.3 Å². The molecule has 1 spiro atoms. The van der Waals surface area contributed by atoms with Crippen molar-refractivity contribution in [2.75, 3.05) is 38.2 Å². The molecule has 0 aromatic heterocycles. The summed E-state index contributed by atoms with van der Waals surface area (Å²) in [4.78, 5) is 14.9. The lowest BCUT2D eigenvalue weighted by molar-refractivity contribution is -0.123. The van der Waals surface area contributed by atoms with Crippen LogP contribution < -0.4 is 20.3 Å². The molecule has 1 aromatic rings. The van der Waals surface area contributed by atoms with Crippen LogP contribution in [0.3, 0.4) is 0 Å². The van der Waals surface area contributed by atoms with Crippen LogP contribution >= 0.6 is 24.8 Å². The molecule has 1 saturated carbocycles. The Kier molecular flexibility index (Phi) is 7.05. The maximum absolute atomic E-state index is 12.6. The number of ether oxygens (including phenoxy) is 1. The number of carbonyl (C=O) groups is 1. The molecule has 2 aliphatic heterocycles. The molecule has 1 amide bonds. The molecular formula is C19H29Cl2N3O2. The summed E-state index contributed by atoms with van der Waals surface area (Å²) >= 11 is 0. The summed E-state index contributed by atoms with van der Waals surface area (Å²) in [6.07, 6.45) is 4.40. The number of rotatable bonds is 4. The molecule has 4 rings (SSSR count). The minimum Gasteiger partial charge on any atom is -0.495 e. The number of para-hydroxylation sites is 2. The van der Waals surface area contributed by atoms with Crippen LogP contribution in [0.4, 0.5) is 5.69 Å². The van der Waals surface area contributed by atoms with Gasteiger partial charge in [-0.15, -0.1) is 24.8 Å². The van der Waals surface area contributed by atoms with Crippen LogP contribution in [-0.4, -0.2) is 45.2 Å². The Morgan fingerprint density at radius 3 is 2.73 bits per heavy atom. The second-order valence-electron chi connectivity index (χ2n) is 7.48. The number of hydrogen-bond donors (Lipinski definition) is 2. The highest BCUT2D eigenvalue weighted by atomic mass is 35.5. The first-order valence-electron chi connectivity index (χ1n) is 9.11. The molecule has 2 unspecified atom stereocenters. The van der Waals surface area contributed by atoms with Crippen molar-refractivity contribution in [2.45, 2.75) is 31.7 Å². The van der Waals surface area contributed by atoms with Gasteiger partial charge >= 0.3 is 0 Å². The average Bonchev–Trinajstić information content (AvgIpc) is 3.11. The molecule has 3 fully saturated rings. The Bertz CT molecular complexity index is 623. The zero-order valence-electron chi connectivity index (χ0n) is 15.2. The number of halogens is 2. The summed E-state index contributed by atoms with van der Waals surface area (Å²) in [6, 6.07) is 8.36. The average molecular weight is 402 g/mol. The highest BCUT2D eigenvalue weighted by Crippen LogP contribution is 2.58. The van der Waals surface area contributed by atoms with Crippen molar-refractivity contribution in [2.24, 2.45) is 11.3 Å². The lowest BCUT2D eigenvalue weighted by atomic mass is 9.91. The number of amides is 1. The number of methoxy groups -OCH3 is 1. The van der Waals surface area contributed by atoms with Crippen LogP contribution in [0.1, 0.15) is 25.7 Å². The summed E-state index contributed by atoms with van der Waals surface area (Å²) in [5, 5.41) is 6.71. The lowest BCUT2D eigenvalue weighted by Gasteiger charge is -2.24. The van der Waals surface area contributed by atoms with Crippen LogP contribution in [0.15, 0.2) is 24.3 Å². The van der Waals surface area contributed by atoms with Gasteiger partial charge in [-0.2, -0.15) is 0 Å². The summed E-state index contributed by atoms with van der Waals surface area (Å²) < 4.78 is 5.46. The molecule has 2 N–H and O–H groups in total. The maximum Gasteiger partial charge on any atom is 0.223 e. The molecule has 5 nitrogen and oxygen atoms in total. The SMILES string of the molecule is COc1ccccc1N1CCC(NC(=O)C2CC23CCNCC3)C1.Cl.Cl. The second kappa shape index (κ2) is 8.68. The van der Waals surface area contributed by atoms with Gasteiger partial charge in [0.05, 0.1) is 12.8 Å². The Balaban J connectivity index is 0.00000121. The molecular weight excluding hydrogens is 373 g/mol. The molecule has 1 aromatic carbocycles. The quantitative estimate of drug-likeness (QED) is 0.813. The number of anilines is 1. The summed E-state index contributed by atoms with van der Waals surface area (Å²) in [6.45, 7) is 3.96. The van der Waals surface area contributed by atoms with Gasteiger partial charge < -0.3 is 20.3 Å². The van der Waals surface area contributed by atoms with E-state index in [1.54, 1.807) is 7.11 Å². The Hall–Kier alpha value is -1.17. The van der Waals surface area contributed by atoms with E-state index in [2.05, 4.69) is 21.6 Å².